The summed E-state index contributed by atoms with van der Waals surface area (Å²) in [7, 11) is 0. The lowest BCUT2D eigenvalue weighted by Crippen LogP contribution is -2.46. The molecule has 1 aliphatic rings. The molecule has 0 spiro atoms. The first kappa shape index (κ1) is 18.1. The lowest BCUT2D eigenvalue weighted by molar-refractivity contribution is -0.125. The maximum atomic E-state index is 12.7. The summed E-state index contributed by atoms with van der Waals surface area (Å²) in [5.41, 5.74) is 1.23. The Bertz CT molecular complexity index is 741. The fraction of sp³-hybridized carbons (Fsp3) is 0.333. The Balaban J connectivity index is 1.57. The lowest BCUT2D eigenvalue weighted by Gasteiger charge is -2.19. The number of hydrogen-bond acceptors (Lipinski definition) is 4. The molecule has 0 aromatic heterocycles. The number of alkyl carbamates (subject to hydrolysis) is 1. The largest absolute Gasteiger partial charge is 0.445 e. The zero-order valence-corrected chi connectivity index (χ0v) is 14.8. The minimum atomic E-state index is -0.784. The highest BCUT2D eigenvalue weighted by atomic mass is 16.6. The van der Waals surface area contributed by atoms with E-state index in [0.29, 0.717) is 19.4 Å². The number of benzene rings is 2. The molecule has 0 aliphatic carbocycles. The molecule has 1 unspecified atom stereocenters. The molecule has 5 heteroatoms. The number of carbonyl (C=O) groups is 2. The molecule has 1 saturated heterocycles. The summed E-state index contributed by atoms with van der Waals surface area (Å²) in [6.45, 7) is 2.32. The van der Waals surface area contributed by atoms with Gasteiger partial charge < -0.3 is 14.8 Å². The fourth-order valence-electron chi connectivity index (χ4n) is 2.75. The average molecular weight is 353 g/mol. The molecule has 1 heterocycles. The van der Waals surface area contributed by atoms with Crippen molar-refractivity contribution in [1.82, 2.24) is 5.32 Å². The molecule has 136 valence electrons. The van der Waals surface area contributed by atoms with Gasteiger partial charge in [0.25, 0.3) is 0 Å². The molecule has 1 amide bonds. The molecule has 2 atom stereocenters. The maximum Gasteiger partial charge on any atom is 0.408 e. The fourth-order valence-corrected chi connectivity index (χ4v) is 2.75. The predicted molar refractivity (Wildman–Crippen MR) is 97.7 cm³/mol. The van der Waals surface area contributed by atoms with Gasteiger partial charge >= 0.3 is 6.09 Å². The van der Waals surface area contributed by atoms with Crippen LogP contribution in [-0.4, -0.2) is 30.1 Å². The number of carbonyl (C=O) groups excluding carboxylic acids is 2. The second-order valence-corrected chi connectivity index (χ2v) is 6.67. The van der Waals surface area contributed by atoms with Gasteiger partial charge in [-0.25, -0.2) is 4.79 Å². The van der Waals surface area contributed by atoms with Gasteiger partial charge in [-0.05, 0) is 30.9 Å². The van der Waals surface area contributed by atoms with E-state index >= 15 is 0 Å². The van der Waals surface area contributed by atoms with E-state index in [-0.39, 0.29) is 12.4 Å². The van der Waals surface area contributed by atoms with Gasteiger partial charge in [-0.3, -0.25) is 4.79 Å². The third-order valence-electron chi connectivity index (χ3n) is 4.48. The summed E-state index contributed by atoms with van der Waals surface area (Å²) in [4.78, 5) is 24.8. The van der Waals surface area contributed by atoms with Crippen molar-refractivity contribution in [2.75, 3.05) is 6.61 Å². The highest BCUT2D eigenvalue weighted by Gasteiger charge is 2.50. The molecule has 0 bridgehead atoms. The topological polar surface area (TPSA) is 67.9 Å². The highest BCUT2D eigenvalue weighted by molar-refractivity contribution is 5.95. The highest BCUT2D eigenvalue weighted by Crippen LogP contribution is 2.29. The third-order valence-corrected chi connectivity index (χ3v) is 4.48. The molecular weight excluding hydrogens is 330 g/mol. The van der Waals surface area contributed by atoms with E-state index in [9.17, 15) is 9.59 Å². The maximum absolute atomic E-state index is 12.7. The number of aryl methyl sites for hydroxylation is 1. The summed E-state index contributed by atoms with van der Waals surface area (Å²) >= 11 is 0. The van der Waals surface area contributed by atoms with Gasteiger partial charge in [-0.1, -0.05) is 60.7 Å². The second kappa shape index (κ2) is 8.15. The van der Waals surface area contributed by atoms with E-state index in [1.54, 1.807) is 6.92 Å². The molecule has 5 nitrogen and oxygen atoms in total. The Labute approximate surface area is 153 Å². The van der Waals surface area contributed by atoms with Crippen LogP contribution in [0.1, 0.15) is 24.5 Å². The number of amides is 1. The van der Waals surface area contributed by atoms with Crippen LogP contribution in [0.5, 0.6) is 0 Å². The molecule has 1 N–H and O–H groups in total. The van der Waals surface area contributed by atoms with Crippen LogP contribution in [0.4, 0.5) is 4.79 Å². The molecule has 26 heavy (non-hydrogen) atoms. The number of ether oxygens (including phenoxy) is 2. The summed E-state index contributed by atoms with van der Waals surface area (Å²) in [5, 5.41) is 2.71. The van der Waals surface area contributed by atoms with Crippen LogP contribution in [0.2, 0.25) is 0 Å². The van der Waals surface area contributed by atoms with Crippen LogP contribution in [0.3, 0.4) is 0 Å². The van der Waals surface area contributed by atoms with Crippen molar-refractivity contribution in [3.8, 4) is 0 Å². The van der Waals surface area contributed by atoms with E-state index in [1.165, 1.54) is 0 Å². The van der Waals surface area contributed by atoms with E-state index in [2.05, 4.69) is 5.32 Å². The molecule has 2 aromatic rings. The normalized spacial score (nSPS) is 19.4. The Morgan fingerprint density at radius 3 is 2.23 bits per heavy atom. The number of Topliss-reactive ketones (excluding diaryl/α,β-unsaturated/α-hetero) is 1. The van der Waals surface area contributed by atoms with Gasteiger partial charge in [-0.2, -0.15) is 0 Å². The zero-order valence-electron chi connectivity index (χ0n) is 14.8. The minimum absolute atomic E-state index is 0.106. The van der Waals surface area contributed by atoms with Crippen LogP contribution in [0.25, 0.3) is 0 Å². The standard InChI is InChI=1S/C21H23NO4/c1-21(15-26-21)19(23)18(13-12-16-8-4-2-5-9-16)22-20(24)25-14-17-10-6-3-7-11-17/h2-11,18H,12-15H2,1H3,(H,22,24)/t18?,21-/m1/s1. The van der Waals surface area contributed by atoms with Crippen molar-refractivity contribution in [3.05, 3.63) is 71.8 Å². The van der Waals surface area contributed by atoms with Crippen LogP contribution in [0.15, 0.2) is 60.7 Å². The summed E-state index contributed by atoms with van der Waals surface area (Å²) in [6, 6.07) is 18.7. The quantitative estimate of drug-likeness (QED) is 0.740. The predicted octanol–water partition coefficient (Wildman–Crippen LogP) is 3.27. The molecule has 3 rings (SSSR count). The van der Waals surface area contributed by atoms with Crippen molar-refractivity contribution in [2.24, 2.45) is 0 Å². The first-order valence-corrected chi connectivity index (χ1v) is 8.76. The van der Waals surface area contributed by atoms with E-state index in [4.69, 9.17) is 9.47 Å². The summed E-state index contributed by atoms with van der Waals surface area (Å²) in [5.74, 6) is -0.106. The number of nitrogens with one attached hydrogen (secondary N) is 1. The number of epoxide rings is 1. The average Bonchev–Trinajstić information content (AvgIpc) is 3.43. The van der Waals surface area contributed by atoms with E-state index in [1.807, 2.05) is 60.7 Å². The molecule has 1 fully saturated rings. The number of rotatable bonds is 8. The van der Waals surface area contributed by atoms with Crippen LogP contribution in [-0.2, 0) is 27.3 Å². The molecular formula is C21H23NO4. The van der Waals surface area contributed by atoms with Crippen molar-refractivity contribution in [2.45, 2.75) is 38.0 Å². The SMILES string of the molecule is C[C@]1(C(=O)C(CCc2ccccc2)NC(=O)OCc2ccccc2)CO1. The molecule has 0 radical (unpaired) electrons. The lowest BCUT2D eigenvalue weighted by atomic mass is 9.95. The van der Waals surface area contributed by atoms with E-state index < -0.39 is 17.7 Å². The second-order valence-electron chi connectivity index (χ2n) is 6.67. The van der Waals surface area contributed by atoms with Gasteiger partial charge in [0.05, 0.1) is 12.6 Å². The Morgan fingerprint density at radius 1 is 1.08 bits per heavy atom. The van der Waals surface area contributed by atoms with Crippen LogP contribution in [0, 0.1) is 0 Å². The van der Waals surface area contributed by atoms with Gasteiger partial charge in [0.1, 0.15) is 12.2 Å². The van der Waals surface area contributed by atoms with Crippen LogP contribution < -0.4 is 5.32 Å². The van der Waals surface area contributed by atoms with Crippen LogP contribution >= 0.6 is 0 Å². The Morgan fingerprint density at radius 2 is 1.65 bits per heavy atom. The monoisotopic (exact) mass is 353 g/mol. The zero-order chi connectivity index (χ0) is 18.4. The van der Waals surface area contributed by atoms with Gasteiger partial charge in [0.15, 0.2) is 5.78 Å². The van der Waals surface area contributed by atoms with Crippen molar-refractivity contribution in [1.29, 1.82) is 0 Å². The van der Waals surface area contributed by atoms with E-state index in [0.717, 1.165) is 11.1 Å². The Hall–Kier alpha value is -2.66. The summed E-state index contributed by atoms with van der Waals surface area (Å²) < 4.78 is 10.5. The first-order chi connectivity index (χ1) is 12.6. The summed E-state index contributed by atoms with van der Waals surface area (Å²) in [6.07, 6.45) is 0.596. The van der Waals surface area contributed by atoms with Crippen molar-refractivity contribution >= 4 is 11.9 Å². The number of hydrogen-bond donors (Lipinski definition) is 1. The van der Waals surface area contributed by atoms with Gasteiger partial charge in [-0.15, -0.1) is 0 Å². The van der Waals surface area contributed by atoms with Gasteiger partial charge in [0.2, 0.25) is 0 Å². The van der Waals surface area contributed by atoms with Crippen molar-refractivity contribution < 1.29 is 19.1 Å². The molecule has 0 saturated carbocycles. The Kier molecular flexibility index (Phi) is 5.68. The minimum Gasteiger partial charge on any atom is -0.445 e. The molecule has 2 aromatic carbocycles. The first-order valence-electron chi connectivity index (χ1n) is 8.76. The smallest absolute Gasteiger partial charge is 0.408 e. The van der Waals surface area contributed by atoms with Gasteiger partial charge in [0, 0.05) is 0 Å². The van der Waals surface area contributed by atoms with Crippen molar-refractivity contribution in [3.63, 3.8) is 0 Å². The molecule has 1 aliphatic heterocycles. The third kappa shape index (κ3) is 4.92. The number of ketones is 1.